The maximum Gasteiger partial charge on any atom is 0.269 e. The van der Waals surface area contributed by atoms with E-state index in [1.807, 2.05) is 6.07 Å². The van der Waals surface area contributed by atoms with Crippen molar-refractivity contribution in [3.05, 3.63) is 39.4 Å². The van der Waals surface area contributed by atoms with Crippen LogP contribution in [0.3, 0.4) is 0 Å². The van der Waals surface area contributed by atoms with Crippen LogP contribution in [-0.4, -0.2) is 18.6 Å². The monoisotopic (exact) mass is 373 g/mol. The second-order valence-electron chi connectivity index (χ2n) is 6.70. The van der Waals surface area contributed by atoms with Gasteiger partial charge in [0.2, 0.25) is 0 Å². The molecule has 0 amide bonds. The van der Waals surface area contributed by atoms with Crippen LogP contribution in [0.2, 0.25) is 18.1 Å². The van der Waals surface area contributed by atoms with Crippen LogP contribution in [0.1, 0.15) is 31.9 Å². The van der Waals surface area contributed by atoms with E-state index >= 15 is 0 Å². The minimum absolute atomic E-state index is 0.141. The summed E-state index contributed by atoms with van der Waals surface area (Å²) >= 11 is 3.40. The summed E-state index contributed by atoms with van der Waals surface area (Å²) in [6.07, 6.45) is 0.762. The Morgan fingerprint density at radius 3 is 2.38 bits per heavy atom. The van der Waals surface area contributed by atoms with Crippen molar-refractivity contribution in [1.29, 1.82) is 0 Å². The molecule has 6 heteroatoms. The molecule has 0 aromatic heterocycles. The number of rotatable bonds is 6. The number of nitro groups is 1. The van der Waals surface area contributed by atoms with E-state index in [0.717, 1.165) is 22.9 Å². The molecule has 118 valence electrons. The molecule has 1 aromatic carbocycles. The normalized spacial score (nSPS) is 12.5. The SMILES string of the molecule is CC(C)(C)[Si](C)(C)OCc1ccc([N+](=O)[O-])cc1CCBr. The molecule has 0 heterocycles. The number of aryl methyl sites for hydroxylation is 1. The lowest BCUT2D eigenvalue weighted by Gasteiger charge is -2.36. The van der Waals surface area contributed by atoms with Crippen molar-refractivity contribution in [3.8, 4) is 0 Å². The fourth-order valence-corrected chi connectivity index (χ4v) is 3.05. The van der Waals surface area contributed by atoms with Gasteiger partial charge in [-0.1, -0.05) is 36.7 Å². The van der Waals surface area contributed by atoms with Crippen LogP contribution in [0.15, 0.2) is 18.2 Å². The highest BCUT2D eigenvalue weighted by atomic mass is 79.9. The van der Waals surface area contributed by atoms with Gasteiger partial charge in [0, 0.05) is 17.5 Å². The highest BCUT2D eigenvalue weighted by Gasteiger charge is 2.37. The molecule has 0 fully saturated rings. The smallest absolute Gasteiger partial charge is 0.269 e. The molecule has 0 unspecified atom stereocenters. The predicted molar refractivity (Wildman–Crippen MR) is 92.6 cm³/mol. The van der Waals surface area contributed by atoms with Gasteiger partial charge in [0.25, 0.3) is 5.69 Å². The molecule has 21 heavy (non-hydrogen) atoms. The number of nitro benzene ring substituents is 1. The van der Waals surface area contributed by atoms with Gasteiger partial charge in [-0.3, -0.25) is 10.1 Å². The van der Waals surface area contributed by atoms with Crippen molar-refractivity contribution >= 4 is 29.9 Å². The first-order valence-corrected chi connectivity index (χ1v) is 11.1. The Hall–Kier alpha value is -0.723. The topological polar surface area (TPSA) is 52.4 Å². The molecule has 0 spiro atoms. The van der Waals surface area contributed by atoms with E-state index in [1.165, 1.54) is 0 Å². The Bertz CT molecular complexity index is 512. The van der Waals surface area contributed by atoms with Gasteiger partial charge in [-0.05, 0) is 41.7 Å². The third-order valence-electron chi connectivity index (χ3n) is 4.16. The van der Waals surface area contributed by atoms with Crippen molar-refractivity contribution < 1.29 is 9.35 Å². The fourth-order valence-electron chi connectivity index (χ4n) is 1.68. The molecular weight excluding hydrogens is 350 g/mol. The van der Waals surface area contributed by atoms with Gasteiger partial charge in [0.05, 0.1) is 11.5 Å². The quantitative estimate of drug-likeness (QED) is 0.303. The molecule has 0 atom stereocenters. The molecule has 1 aromatic rings. The molecular formula is C15H24BrNO3Si. The Morgan fingerprint density at radius 2 is 1.90 bits per heavy atom. The highest BCUT2D eigenvalue weighted by Crippen LogP contribution is 2.37. The molecule has 0 aliphatic rings. The molecule has 0 aliphatic carbocycles. The van der Waals surface area contributed by atoms with Crippen LogP contribution >= 0.6 is 15.9 Å². The van der Waals surface area contributed by atoms with Crippen molar-refractivity contribution in [3.63, 3.8) is 0 Å². The average molecular weight is 374 g/mol. The van der Waals surface area contributed by atoms with Crippen molar-refractivity contribution in [2.45, 2.75) is 51.9 Å². The van der Waals surface area contributed by atoms with Crippen molar-refractivity contribution in [1.82, 2.24) is 0 Å². The van der Waals surface area contributed by atoms with Gasteiger partial charge in [-0.2, -0.15) is 0 Å². The van der Waals surface area contributed by atoms with Crippen LogP contribution in [-0.2, 0) is 17.5 Å². The summed E-state index contributed by atoms with van der Waals surface area (Å²) < 4.78 is 6.22. The van der Waals surface area contributed by atoms with Crippen molar-refractivity contribution in [2.24, 2.45) is 0 Å². The van der Waals surface area contributed by atoms with Crippen LogP contribution < -0.4 is 0 Å². The van der Waals surface area contributed by atoms with Gasteiger partial charge >= 0.3 is 0 Å². The maximum absolute atomic E-state index is 10.9. The Kier molecular flexibility index (Phi) is 6.13. The van der Waals surface area contributed by atoms with Gasteiger partial charge in [-0.15, -0.1) is 0 Å². The average Bonchev–Trinajstić information content (AvgIpc) is 2.36. The molecule has 1 rings (SSSR count). The minimum atomic E-state index is -1.81. The first-order chi connectivity index (χ1) is 9.58. The molecule has 0 saturated carbocycles. The summed E-state index contributed by atoms with van der Waals surface area (Å²) in [5.41, 5.74) is 2.17. The third-order valence-corrected chi connectivity index (χ3v) is 9.03. The first kappa shape index (κ1) is 18.3. The lowest BCUT2D eigenvalue weighted by atomic mass is 10.1. The summed E-state index contributed by atoms with van der Waals surface area (Å²) in [6.45, 7) is 11.6. The van der Waals surface area contributed by atoms with E-state index in [1.54, 1.807) is 12.1 Å². The summed E-state index contributed by atoms with van der Waals surface area (Å²) in [5.74, 6) is 0. The van der Waals surface area contributed by atoms with Gasteiger partial charge in [-0.25, -0.2) is 0 Å². The Morgan fingerprint density at radius 1 is 1.29 bits per heavy atom. The number of benzene rings is 1. The van der Waals surface area contributed by atoms with Crippen LogP contribution in [0, 0.1) is 10.1 Å². The number of non-ortho nitro benzene ring substituents is 1. The molecule has 0 aliphatic heterocycles. The van der Waals surface area contributed by atoms with Gasteiger partial charge in [0.15, 0.2) is 8.32 Å². The number of hydrogen-bond acceptors (Lipinski definition) is 3. The van der Waals surface area contributed by atoms with Crippen LogP contribution in [0.5, 0.6) is 0 Å². The lowest BCUT2D eigenvalue weighted by molar-refractivity contribution is -0.384. The third kappa shape index (κ3) is 4.90. The van der Waals surface area contributed by atoms with E-state index in [2.05, 4.69) is 49.8 Å². The fraction of sp³-hybridized carbons (Fsp3) is 0.600. The number of alkyl halides is 1. The summed E-state index contributed by atoms with van der Waals surface area (Å²) in [7, 11) is -1.81. The van der Waals surface area contributed by atoms with E-state index in [4.69, 9.17) is 4.43 Å². The van der Waals surface area contributed by atoms with E-state index in [9.17, 15) is 10.1 Å². The zero-order chi connectivity index (χ0) is 16.3. The highest BCUT2D eigenvalue weighted by molar-refractivity contribution is 9.09. The molecule has 0 N–H and O–H groups in total. The zero-order valence-corrected chi connectivity index (χ0v) is 16.0. The number of halogens is 1. The number of nitrogens with zero attached hydrogens (tertiary/aromatic N) is 1. The zero-order valence-electron chi connectivity index (χ0n) is 13.4. The second-order valence-corrected chi connectivity index (χ2v) is 12.3. The number of hydrogen-bond donors (Lipinski definition) is 0. The summed E-state index contributed by atoms with van der Waals surface area (Å²) in [6, 6.07) is 5.04. The van der Waals surface area contributed by atoms with Crippen molar-refractivity contribution in [2.75, 3.05) is 5.33 Å². The molecule has 0 bridgehead atoms. The van der Waals surface area contributed by atoms with E-state index in [-0.39, 0.29) is 15.6 Å². The van der Waals surface area contributed by atoms with E-state index in [0.29, 0.717) is 6.61 Å². The summed E-state index contributed by atoms with van der Waals surface area (Å²) in [5, 5.41) is 11.8. The molecule has 0 radical (unpaired) electrons. The minimum Gasteiger partial charge on any atom is -0.413 e. The van der Waals surface area contributed by atoms with E-state index < -0.39 is 8.32 Å². The van der Waals surface area contributed by atoms with Gasteiger partial charge in [0.1, 0.15) is 0 Å². The maximum atomic E-state index is 10.9. The van der Waals surface area contributed by atoms with Crippen LogP contribution in [0.4, 0.5) is 5.69 Å². The lowest BCUT2D eigenvalue weighted by Crippen LogP contribution is -2.40. The standard InChI is InChI=1S/C15H24BrNO3Si/c1-15(2,3)21(4,5)20-11-13-6-7-14(17(18)19)10-12(13)8-9-16/h6-7,10H,8-9,11H2,1-5H3. The van der Waals surface area contributed by atoms with Gasteiger partial charge < -0.3 is 4.43 Å². The van der Waals surface area contributed by atoms with Crippen LogP contribution in [0.25, 0.3) is 0 Å². The Labute approximate surface area is 136 Å². The second kappa shape index (κ2) is 7.02. The molecule has 0 saturated heterocycles. The first-order valence-electron chi connectivity index (χ1n) is 7.04. The predicted octanol–water partition coefficient (Wildman–Crippen LogP) is 5.05. The summed E-state index contributed by atoms with van der Waals surface area (Å²) in [4.78, 5) is 10.5. The molecule has 4 nitrogen and oxygen atoms in total. The Balaban J connectivity index is 2.95. The largest absolute Gasteiger partial charge is 0.413 e.